The molecule has 1 saturated heterocycles. The van der Waals surface area contributed by atoms with Gasteiger partial charge in [-0.15, -0.1) is 0 Å². The van der Waals surface area contributed by atoms with Crippen LogP contribution in [0.2, 0.25) is 0 Å². The molecule has 7 nitrogen and oxygen atoms in total. The van der Waals surface area contributed by atoms with Crippen LogP contribution in [0.1, 0.15) is 6.92 Å². The van der Waals surface area contributed by atoms with Crippen LogP contribution in [-0.4, -0.2) is 40.7 Å². The highest BCUT2D eigenvalue weighted by Gasteiger charge is 2.21. The van der Waals surface area contributed by atoms with Crippen LogP contribution in [0.25, 0.3) is 0 Å². The normalized spacial score (nSPS) is 15.0. The molecule has 0 aromatic heterocycles. The van der Waals surface area contributed by atoms with E-state index in [0.29, 0.717) is 36.9 Å². The molecule has 0 radical (unpaired) electrons. The van der Waals surface area contributed by atoms with E-state index in [9.17, 15) is 13.2 Å². The number of ether oxygens (including phenoxy) is 2. The van der Waals surface area contributed by atoms with Gasteiger partial charge < -0.3 is 14.4 Å². The Morgan fingerprint density at radius 1 is 1.12 bits per heavy atom. The molecule has 1 amide bonds. The van der Waals surface area contributed by atoms with E-state index in [0.717, 1.165) is 0 Å². The van der Waals surface area contributed by atoms with Gasteiger partial charge in [0.25, 0.3) is 15.9 Å². The fourth-order valence-electron chi connectivity index (χ4n) is 2.60. The first kappa shape index (κ1) is 18.2. The highest BCUT2D eigenvalue weighted by Crippen LogP contribution is 2.22. The zero-order valence-corrected chi connectivity index (χ0v) is 15.2. The maximum absolute atomic E-state index is 12.5. The lowest BCUT2D eigenvalue weighted by Gasteiger charge is -2.26. The molecule has 0 spiro atoms. The van der Waals surface area contributed by atoms with Gasteiger partial charge in [-0.3, -0.25) is 9.52 Å². The Kier molecular flexibility index (Phi) is 5.43. The number of anilines is 2. The summed E-state index contributed by atoms with van der Waals surface area (Å²) < 4.78 is 38.0. The molecule has 1 N–H and O–H groups in total. The molecule has 0 aliphatic carbocycles. The van der Waals surface area contributed by atoms with Gasteiger partial charge in [-0.05, 0) is 55.5 Å². The van der Waals surface area contributed by atoms with Gasteiger partial charge in [0.1, 0.15) is 12.4 Å². The third-order valence-corrected chi connectivity index (χ3v) is 5.26. The number of carbonyl (C=O) groups is 1. The number of carbonyl (C=O) groups excluding carboxylic acids is 1. The summed E-state index contributed by atoms with van der Waals surface area (Å²) in [6.45, 7) is 3.38. The minimum Gasteiger partial charge on any atom is -0.494 e. The van der Waals surface area contributed by atoms with E-state index < -0.39 is 10.0 Å². The third kappa shape index (κ3) is 4.14. The predicted molar refractivity (Wildman–Crippen MR) is 98.0 cm³/mol. The van der Waals surface area contributed by atoms with Crippen LogP contribution < -0.4 is 14.4 Å². The summed E-state index contributed by atoms with van der Waals surface area (Å²) in [5, 5.41) is 0. The average molecular weight is 376 g/mol. The lowest BCUT2D eigenvalue weighted by atomic mass is 10.2. The number of nitrogens with zero attached hydrogens (tertiary/aromatic N) is 1. The molecule has 2 aromatic rings. The maximum Gasteiger partial charge on any atom is 0.261 e. The number of hydrogen-bond acceptors (Lipinski definition) is 5. The lowest BCUT2D eigenvalue weighted by molar-refractivity contribution is -0.125. The second kappa shape index (κ2) is 7.76. The highest BCUT2D eigenvalue weighted by atomic mass is 32.2. The van der Waals surface area contributed by atoms with Crippen molar-refractivity contribution in [3.63, 3.8) is 0 Å². The van der Waals surface area contributed by atoms with Crippen LogP contribution in [0.5, 0.6) is 5.75 Å². The van der Waals surface area contributed by atoms with Gasteiger partial charge in [-0.1, -0.05) is 0 Å². The number of amides is 1. The second-order valence-corrected chi connectivity index (χ2v) is 7.34. The lowest BCUT2D eigenvalue weighted by Crippen LogP contribution is -2.41. The first-order chi connectivity index (χ1) is 12.5. The second-order valence-electron chi connectivity index (χ2n) is 5.65. The smallest absolute Gasteiger partial charge is 0.261 e. The van der Waals surface area contributed by atoms with E-state index in [1.165, 1.54) is 12.1 Å². The molecule has 1 heterocycles. The number of morpholine rings is 1. The average Bonchev–Trinajstić information content (AvgIpc) is 2.64. The molecule has 1 fully saturated rings. The number of hydrogen-bond donors (Lipinski definition) is 1. The summed E-state index contributed by atoms with van der Waals surface area (Å²) in [5.41, 5.74) is 1.10. The van der Waals surface area contributed by atoms with E-state index in [1.54, 1.807) is 41.3 Å². The third-order valence-electron chi connectivity index (χ3n) is 3.86. The predicted octanol–water partition coefficient (Wildman–Crippen LogP) is 2.25. The van der Waals surface area contributed by atoms with Gasteiger partial charge in [0.05, 0.1) is 18.1 Å². The fraction of sp³-hybridized carbons (Fsp3) is 0.278. The highest BCUT2D eigenvalue weighted by molar-refractivity contribution is 7.92. The molecule has 0 saturated carbocycles. The molecule has 0 unspecified atom stereocenters. The van der Waals surface area contributed by atoms with Gasteiger partial charge in [0.2, 0.25) is 0 Å². The van der Waals surface area contributed by atoms with Gasteiger partial charge in [-0.2, -0.15) is 0 Å². The monoisotopic (exact) mass is 376 g/mol. The molecule has 1 aliphatic rings. The van der Waals surface area contributed by atoms with E-state index in [4.69, 9.17) is 9.47 Å². The number of sulfonamides is 1. The Morgan fingerprint density at radius 3 is 2.42 bits per heavy atom. The summed E-state index contributed by atoms with van der Waals surface area (Å²) in [6, 6.07) is 12.9. The molecular formula is C18H20N2O5S. The summed E-state index contributed by atoms with van der Waals surface area (Å²) in [4.78, 5) is 13.6. The Labute approximate surface area is 152 Å². The van der Waals surface area contributed by atoms with Crippen molar-refractivity contribution in [2.45, 2.75) is 11.8 Å². The van der Waals surface area contributed by atoms with Crippen LogP contribution in [-0.2, 0) is 19.6 Å². The van der Waals surface area contributed by atoms with Crippen LogP contribution in [0.3, 0.4) is 0 Å². The molecule has 0 bridgehead atoms. The van der Waals surface area contributed by atoms with Crippen molar-refractivity contribution in [3.05, 3.63) is 48.5 Å². The van der Waals surface area contributed by atoms with E-state index in [2.05, 4.69) is 4.72 Å². The van der Waals surface area contributed by atoms with Gasteiger partial charge in [-0.25, -0.2) is 8.42 Å². The first-order valence-electron chi connectivity index (χ1n) is 8.23. The number of benzene rings is 2. The molecular weight excluding hydrogens is 356 g/mol. The van der Waals surface area contributed by atoms with Gasteiger partial charge in [0, 0.05) is 17.9 Å². The molecule has 138 valence electrons. The molecule has 1 aliphatic heterocycles. The van der Waals surface area contributed by atoms with Crippen LogP contribution in [0, 0.1) is 0 Å². The Bertz CT molecular complexity index is 863. The van der Waals surface area contributed by atoms with Crippen molar-refractivity contribution >= 4 is 27.3 Å². The Hall–Kier alpha value is -2.58. The number of nitrogens with one attached hydrogen (secondary N) is 1. The summed E-state index contributed by atoms with van der Waals surface area (Å²) >= 11 is 0. The largest absolute Gasteiger partial charge is 0.494 e. The van der Waals surface area contributed by atoms with Crippen LogP contribution in [0.4, 0.5) is 11.4 Å². The van der Waals surface area contributed by atoms with Gasteiger partial charge >= 0.3 is 0 Å². The SMILES string of the molecule is CCOc1ccc(NS(=O)(=O)c2ccc(N3CCOCC3=O)cc2)cc1. The van der Waals surface area contributed by atoms with Crippen molar-refractivity contribution in [2.75, 3.05) is 36.0 Å². The van der Waals surface area contributed by atoms with Crippen molar-refractivity contribution in [3.8, 4) is 5.75 Å². The first-order valence-corrected chi connectivity index (χ1v) is 9.72. The number of rotatable bonds is 6. The Morgan fingerprint density at radius 2 is 1.81 bits per heavy atom. The zero-order chi connectivity index (χ0) is 18.6. The molecule has 3 rings (SSSR count). The molecule has 0 atom stereocenters. The molecule has 8 heteroatoms. The quantitative estimate of drug-likeness (QED) is 0.836. The topological polar surface area (TPSA) is 84.9 Å². The standard InChI is InChI=1S/C18H20N2O5S/c1-2-25-16-7-3-14(4-8-16)19-26(22,23)17-9-5-15(6-10-17)20-11-12-24-13-18(20)21/h3-10,19H,2,11-13H2,1H3. The molecule has 26 heavy (non-hydrogen) atoms. The summed E-state index contributed by atoms with van der Waals surface area (Å²) in [7, 11) is -3.72. The van der Waals surface area contributed by atoms with Crippen molar-refractivity contribution in [1.29, 1.82) is 0 Å². The molecule has 2 aromatic carbocycles. The van der Waals surface area contributed by atoms with Gasteiger partial charge in [0.15, 0.2) is 0 Å². The van der Waals surface area contributed by atoms with Crippen LogP contribution in [0.15, 0.2) is 53.4 Å². The maximum atomic E-state index is 12.5. The van der Waals surface area contributed by atoms with E-state index in [1.807, 2.05) is 6.92 Å². The van der Waals surface area contributed by atoms with Crippen LogP contribution >= 0.6 is 0 Å². The van der Waals surface area contributed by atoms with Crippen molar-refractivity contribution < 1.29 is 22.7 Å². The minimum absolute atomic E-state index is 0.0410. The Balaban J connectivity index is 1.73. The van der Waals surface area contributed by atoms with Crippen molar-refractivity contribution in [1.82, 2.24) is 0 Å². The zero-order valence-electron chi connectivity index (χ0n) is 14.3. The minimum atomic E-state index is -3.72. The van der Waals surface area contributed by atoms with E-state index in [-0.39, 0.29) is 17.4 Å². The summed E-state index contributed by atoms with van der Waals surface area (Å²) in [5.74, 6) is 0.536. The van der Waals surface area contributed by atoms with E-state index >= 15 is 0 Å². The van der Waals surface area contributed by atoms with Crippen molar-refractivity contribution in [2.24, 2.45) is 0 Å². The summed E-state index contributed by atoms with van der Waals surface area (Å²) in [6.07, 6.45) is 0. The fourth-order valence-corrected chi connectivity index (χ4v) is 3.65.